The first-order valence-corrected chi connectivity index (χ1v) is 14.1. The average Bonchev–Trinajstić information content (AvgIpc) is 2.88. The average molecular weight is 599 g/mol. The number of aryl methyl sites for hydroxylation is 1. The van der Waals surface area contributed by atoms with Crippen LogP contribution in [0.5, 0.6) is 5.88 Å². The summed E-state index contributed by atoms with van der Waals surface area (Å²) in [6.07, 6.45) is -0.753. The minimum Gasteiger partial charge on any atom is -0.483 e. The van der Waals surface area contributed by atoms with Crippen LogP contribution in [0.1, 0.15) is 47.7 Å². The van der Waals surface area contributed by atoms with E-state index in [0.717, 1.165) is 6.07 Å². The largest absolute Gasteiger partial charge is 0.483 e. The highest BCUT2D eigenvalue weighted by molar-refractivity contribution is 7.90. The molecule has 1 aliphatic carbocycles. The maximum absolute atomic E-state index is 14.0. The van der Waals surface area contributed by atoms with Crippen molar-refractivity contribution in [1.29, 1.82) is 0 Å². The van der Waals surface area contributed by atoms with Crippen molar-refractivity contribution >= 4 is 16.3 Å². The van der Waals surface area contributed by atoms with Gasteiger partial charge in [0.15, 0.2) is 9.84 Å². The van der Waals surface area contributed by atoms with Crippen molar-refractivity contribution in [2.45, 2.75) is 61.1 Å². The van der Waals surface area contributed by atoms with Crippen molar-refractivity contribution in [3.63, 3.8) is 0 Å². The maximum Gasteiger partial charge on any atom is 0.416 e. The number of nitrogens with zero attached hydrogens (tertiary/aromatic N) is 4. The first-order chi connectivity index (χ1) is 19.2. The highest BCUT2D eigenvalue weighted by Gasteiger charge is 2.37. The van der Waals surface area contributed by atoms with Crippen LogP contribution in [-0.4, -0.2) is 66.1 Å². The molecular weight excluding hydrogens is 568 g/mol. The van der Waals surface area contributed by atoms with Crippen molar-refractivity contribution in [3.8, 4) is 5.88 Å². The number of aromatic nitrogens is 3. The van der Waals surface area contributed by atoms with Gasteiger partial charge in [0.2, 0.25) is 5.88 Å². The Kier molecular flexibility index (Phi) is 10.4. The zero-order chi connectivity index (χ0) is 30.4. The Balaban J connectivity index is 0.00000147. The highest BCUT2D eigenvalue weighted by Crippen LogP contribution is 2.39. The zero-order valence-corrected chi connectivity index (χ0v) is 23.4. The second-order valence-corrected chi connectivity index (χ2v) is 11.7. The van der Waals surface area contributed by atoms with E-state index >= 15 is 0 Å². The second kappa shape index (κ2) is 13.3. The molecule has 41 heavy (non-hydrogen) atoms. The van der Waals surface area contributed by atoms with E-state index in [0.29, 0.717) is 36.6 Å². The van der Waals surface area contributed by atoms with Crippen LogP contribution >= 0.6 is 0 Å². The van der Waals surface area contributed by atoms with Gasteiger partial charge in [0.25, 0.3) is 6.47 Å². The molecule has 0 saturated heterocycles. The van der Waals surface area contributed by atoms with Crippen LogP contribution in [0.3, 0.4) is 0 Å². The smallest absolute Gasteiger partial charge is 0.416 e. The summed E-state index contributed by atoms with van der Waals surface area (Å²) in [7, 11) is -0.0112. The van der Waals surface area contributed by atoms with Gasteiger partial charge in [0, 0.05) is 18.3 Å². The lowest BCUT2D eigenvalue weighted by molar-refractivity contribution is -0.137. The van der Waals surface area contributed by atoms with Crippen LogP contribution in [0.4, 0.5) is 17.6 Å². The number of alkyl halides is 3. The molecule has 0 spiro atoms. The van der Waals surface area contributed by atoms with Gasteiger partial charge in [-0.1, -0.05) is 0 Å². The van der Waals surface area contributed by atoms with Crippen molar-refractivity contribution in [3.05, 3.63) is 77.3 Å². The Labute approximate surface area is 235 Å². The molecule has 14 heteroatoms. The quantitative estimate of drug-likeness (QED) is 0.306. The van der Waals surface area contributed by atoms with Crippen molar-refractivity contribution < 1.29 is 40.6 Å². The number of hydrogen-bond donors (Lipinski definition) is 1. The Morgan fingerprint density at radius 3 is 2.44 bits per heavy atom. The van der Waals surface area contributed by atoms with Crippen LogP contribution in [0.2, 0.25) is 0 Å². The van der Waals surface area contributed by atoms with Crippen molar-refractivity contribution in [2.75, 3.05) is 14.1 Å². The minimum absolute atomic E-state index is 0.0721. The van der Waals surface area contributed by atoms with E-state index in [1.54, 1.807) is 6.92 Å². The van der Waals surface area contributed by atoms with Crippen LogP contribution in [0.15, 0.2) is 53.8 Å². The number of rotatable bonds is 7. The Morgan fingerprint density at radius 1 is 1.15 bits per heavy atom. The number of halogens is 4. The molecule has 1 aromatic carbocycles. The van der Waals surface area contributed by atoms with Gasteiger partial charge in [-0.05, 0) is 82.1 Å². The number of pyridine rings is 1. The van der Waals surface area contributed by atoms with Crippen LogP contribution in [0.25, 0.3) is 0 Å². The number of carboxylic acid groups (broad SMARTS) is 1. The summed E-state index contributed by atoms with van der Waals surface area (Å²) in [5.74, 6) is -1.22. The lowest BCUT2D eigenvalue weighted by Crippen LogP contribution is -2.46. The fourth-order valence-electron chi connectivity index (χ4n) is 4.86. The number of ether oxygens (including phenoxy) is 1. The molecule has 1 N–H and O–H groups in total. The van der Waals surface area contributed by atoms with E-state index in [9.17, 15) is 26.0 Å². The van der Waals surface area contributed by atoms with Gasteiger partial charge in [-0.15, -0.1) is 0 Å². The van der Waals surface area contributed by atoms with E-state index in [-0.39, 0.29) is 46.8 Å². The summed E-state index contributed by atoms with van der Waals surface area (Å²) in [5.41, 5.74) is -0.0337. The van der Waals surface area contributed by atoms with Crippen molar-refractivity contribution in [2.24, 2.45) is 0 Å². The van der Waals surface area contributed by atoms with Crippen molar-refractivity contribution in [1.82, 2.24) is 19.9 Å². The lowest BCUT2D eigenvalue weighted by atomic mass is 9.79. The fourth-order valence-corrected chi connectivity index (χ4v) is 6.35. The zero-order valence-electron chi connectivity index (χ0n) is 22.5. The molecule has 0 radical (unpaired) electrons. The van der Waals surface area contributed by atoms with E-state index in [4.69, 9.17) is 14.6 Å². The van der Waals surface area contributed by atoms with E-state index in [2.05, 4.69) is 15.0 Å². The summed E-state index contributed by atoms with van der Waals surface area (Å²) in [6.45, 7) is 1.34. The monoisotopic (exact) mass is 598 g/mol. The number of likely N-dealkylation sites (N-methyl/N-ethyl adjacent to an activating group) is 1. The van der Waals surface area contributed by atoms with Gasteiger partial charge >= 0.3 is 6.18 Å². The fraction of sp³-hybridized carbons (Fsp3) is 0.407. The summed E-state index contributed by atoms with van der Waals surface area (Å²) in [6, 6.07) is 6.99. The first kappa shape index (κ1) is 31.9. The topological polar surface area (TPSA) is 123 Å². The molecule has 0 unspecified atom stereocenters. The molecule has 0 bridgehead atoms. The molecule has 1 aliphatic rings. The minimum atomic E-state index is -4.63. The SMILES string of the molecule is Cc1nc(O[C@H]2CC[C@H](c3cc(F)cc(C(F)(F)F)c3)C[C@@H]2N(C)C)ccc1S(=O)(=O)Cc1ccncn1.O=CO. The van der Waals surface area contributed by atoms with Gasteiger partial charge in [0.05, 0.1) is 27.6 Å². The molecule has 1 fully saturated rings. The van der Waals surface area contributed by atoms with Gasteiger partial charge in [-0.25, -0.2) is 27.8 Å². The predicted octanol–water partition coefficient (Wildman–Crippen LogP) is 4.66. The second-order valence-electron chi connectivity index (χ2n) is 9.77. The molecule has 2 aromatic heterocycles. The number of sulfone groups is 1. The molecule has 4 rings (SSSR count). The molecule has 0 aliphatic heterocycles. The summed E-state index contributed by atoms with van der Waals surface area (Å²) in [4.78, 5) is 22.5. The molecular formula is C27H30F4N4O5S. The van der Waals surface area contributed by atoms with E-state index in [1.807, 2.05) is 19.0 Å². The van der Waals surface area contributed by atoms with Gasteiger partial charge < -0.3 is 14.7 Å². The van der Waals surface area contributed by atoms with Crippen LogP contribution in [-0.2, 0) is 26.6 Å². The Hall–Kier alpha value is -3.65. The number of carbonyl (C=O) groups is 1. The molecule has 1 saturated carbocycles. The molecule has 3 atom stereocenters. The standard InChI is InChI=1S/C26H28F4N4O3S.CH2O2/c1-16-24(38(35,36)14-21-8-9-31-15-32-21)6-7-25(33-16)37-23-5-4-17(12-22(23)34(2)3)18-10-19(26(28,29)30)13-20(27)11-18;2-1-3/h6-11,13,15,17,22-23H,4-5,12,14H2,1-3H3;1H,(H,2,3)/t17-,22-,23-;/m0./s1. The first-order valence-electron chi connectivity index (χ1n) is 12.5. The van der Waals surface area contributed by atoms with Crippen LogP contribution < -0.4 is 4.74 Å². The third kappa shape index (κ3) is 8.43. The summed E-state index contributed by atoms with van der Waals surface area (Å²) >= 11 is 0. The van der Waals surface area contributed by atoms with Gasteiger partial charge in [-0.2, -0.15) is 13.2 Å². The third-order valence-corrected chi connectivity index (χ3v) is 8.51. The van der Waals surface area contributed by atoms with E-state index < -0.39 is 27.4 Å². The summed E-state index contributed by atoms with van der Waals surface area (Å²) in [5, 5.41) is 6.89. The maximum atomic E-state index is 14.0. The molecule has 222 valence electrons. The normalized spacial score (nSPS) is 19.3. The highest BCUT2D eigenvalue weighted by atomic mass is 32.2. The summed E-state index contributed by atoms with van der Waals surface area (Å²) < 4.78 is 85.6. The molecule has 3 aromatic rings. The van der Waals surface area contributed by atoms with E-state index in [1.165, 1.54) is 36.8 Å². The van der Waals surface area contributed by atoms with Gasteiger partial charge in [0.1, 0.15) is 18.2 Å². The lowest BCUT2D eigenvalue weighted by Gasteiger charge is -2.39. The Morgan fingerprint density at radius 2 is 1.85 bits per heavy atom. The van der Waals surface area contributed by atoms with Crippen LogP contribution in [0, 0.1) is 12.7 Å². The predicted molar refractivity (Wildman–Crippen MR) is 140 cm³/mol. The number of benzene rings is 1. The molecule has 2 heterocycles. The molecule has 9 nitrogen and oxygen atoms in total. The molecule has 0 amide bonds. The Bertz CT molecular complexity index is 1440. The third-order valence-electron chi connectivity index (χ3n) is 6.74. The van der Waals surface area contributed by atoms with Gasteiger partial charge in [-0.3, -0.25) is 4.79 Å². The number of hydrogen-bond acceptors (Lipinski definition) is 8.